The largest absolute Gasteiger partial charge is 0.496 e. The Balaban J connectivity index is 1.88. The lowest BCUT2D eigenvalue weighted by molar-refractivity contribution is -0.153. The number of esters is 1. The molecule has 0 saturated carbocycles. The molecule has 0 heterocycles. The van der Waals surface area contributed by atoms with Crippen molar-refractivity contribution in [1.29, 1.82) is 0 Å². The maximum atomic E-state index is 12.3. The van der Waals surface area contributed by atoms with Crippen LogP contribution in [0.1, 0.15) is 32.8 Å². The van der Waals surface area contributed by atoms with E-state index in [0.717, 1.165) is 5.56 Å². The molecule has 168 valence electrons. The molecule has 0 fully saturated rings. The third-order valence-corrected chi connectivity index (χ3v) is 5.97. The number of aryl methyl sites for hydroxylation is 1. The summed E-state index contributed by atoms with van der Waals surface area (Å²) in [6.07, 6.45) is -0.471. The van der Waals surface area contributed by atoms with Crippen molar-refractivity contribution in [2.45, 2.75) is 50.7 Å². The van der Waals surface area contributed by atoms with Crippen LogP contribution in [0.2, 0.25) is 0 Å². The van der Waals surface area contributed by atoms with E-state index in [9.17, 15) is 18.0 Å². The lowest BCUT2D eigenvalue weighted by Gasteiger charge is -2.14. The highest BCUT2D eigenvalue weighted by Gasteiger charge is 2.19. The molecule has 8 nitrogen and oxygen atoms in total. The summed E-state index contributed by atoms with van der Waals surface area (Å²) in [4.78, 5) is 24.5. The van der Waals surface area contributed by atoms with Gasteiger partial charge < -0.3 is 14.8 Å². The van der Waals surface area contributed by atoms with Gasteiger partial charge in [-0.2, -0.15) is 0 Å². The van der Waals surface area contributed by atoms with E-state index in [1.165, 1.54) is 31.2 Å². The molecule has 0 spiro atoms. The topological polar surface area (TPSA) is 111 Å². The minimum Gasteiger partial charge on any atom is -0.496 e. The van der Waals surface area contributed by atoms with Crippen LogP contribution >= 0.6 is 0 Å². The predicted octanol–water partition coefficient (Wildman–Crippen LogP) is 2.88. The van der Waals surface area contributed by atoms with Gasteiger partial charge in [0.15, 0.2) is 6.10 Å². The number of benzene rings is 2. The van der Waals surface area contributed by atoms with Crippen LogP contribution in [0.3, 0.4) is 0 Å². The quantitative estimate of drug-likeness (QED) is 0.541. The Morgan fingerprint density at radius 1 is 1.00 bits per heavy atom. The maximum absolute atomic E-state index is 12.3. The molecule has 0 aromatic heterocycles. The molecule has 0 aliphatic heterocycles. The molecule has 2 rings (SSSR count). The fourth-order valence-electron chi connectivity index (χ4n) is 2.80. The van der Waals surface area contributed by atoms with Gasteiger partial charge in [0.25, 0.3) is 5.91 Å². The van der Waals surface area contributed by atoms with Crippen molar-refractivity contribution in [2.24, 2.45) is 0 Å². The number of nitrogens with one attached hydrogen (secondary N) is 2. The molecule has 0 bridgehead atoms. The molecule has 2 N–H and O–H groups in total. The molecule has 1 amide bonds. The van der Waals surface area contributed by atoms with E-state index in [-0.39, 0.29) is 17.4 Å². The summed E-state index contributed by atoms with van der Waals surface area (Å²) >= 11 is 0. The summed E-state index contributed by atoms with van der Waals surface area (Å²) in [6, 6.07) is 12.9. The predicted molar refractivity (Wildman–Crippen MR) is 117 cm³/mol. The second kappa shape index (κ2) is 10.9. The smallest absolute Gasteiger partial charge is 0.306 e. The van der Waals surface area contributed by atoms with E-state index < -0.39 is 28.0 Å². The van der Waals surface area contributed by atoms with Crippen molar-refractivity contribution in [2.75, 3.05) is 12.4 Å². The fraction of sp³-hybridized carbons (Fsp3) is 0.364. The Bertz CT molecular complexity index is 1000. The van der Waals surface area contributed by atoms with Crippen molar-refractivity contribution < 1.29 is 27.5 Å². The zero-order valence-corrected chi connectivity index (χ0v) is 18.9. The van der Waals surface area contributed by atoms with Crippen molar-refractivity contribution in [3.05, 3.63) is 54.1 Å². The monoisotopic (exact) mass is 448 g/mol. The minimum atomic E-state index is -3.61. The summed E-state index contributed by atoms with van der Waals surface area (Å²) in [5, 5.41) is 2.61. The Kier molecular flexibility index (Phi) is 8.58. The van der Waals surface area contributed by atoms with Gasteiger partial charge in [-0.15, -0.1) is 0 Å². The molecular formula is C22H28N2O6S. The van der Waals surface area contributed by atoms with Gasteiger partial charge in [0, 0.05) is 18.2 Å². The summed E-state index contributed by atoms with van der Waals surface area (Å²) in [5.74, 6) is -0.327. The summed E-state index contributed by atoms with van der Waals surface area (Å²) in [6.45, 7) is 4.93. The maximum Gasteiger partial charge on any atom is 0.306 e. The molecule has 0 aliphatic rings. The number of rotatable bonds is 10. The molecule has 31 heavy (non-hydrogen) atoms. The van der Waals surface area contributed by atoms with Crippen LogP contribution in [0, 0.1) is 0 Å². The number of amides is 1. The van der Waals surface area contributed by atoms with Crippen LogP contribution in [0.15, 0.2) is 53.4 Å². The first-order valence-corrected chi connectivity index (χ1v) is 11.4. The fourth-order valence-corrected chi connectivity index (χ4v) is 4.05. The molecule has 0 radical (unpaired) electrons. The molecule has 2 aromatic carbocycles. The third-order valence-electron chi connectivity index (χ3n) is 4.29. The molecule has 2 aromatic rings. The number of methoxy groups -OCH3 is 1. The first kappa shape index (κ1) is 24.4. The molecule has 0 aliphatic carbocycles. The normalized spacial score (nSPS) is 12.3. The van der Waals surface area contributed by atoms with Gasteiger partial charge in [0.2, 0.25) is 10.0 Å². The Morgan fingerprint density at radius 2 is 1.65 bits per heavy atom. The number of sulfonamides is 1. The number of ether oxygens (including phenoxy) is 2. The van der Waals surface area contributed by atoms with Gasteiger partial charge in [0.05, 0.1) is 12.0 Å². The van der Waals surface area contributed by atoms with E-state index >= 15 is 0 Å². The third kappa shape index (κ3) is 7.37. The number of para-hydroxylation sites is 1. The first-order chi connectivity index (χ1) is 14.6. The lowest BCUT2D eigenvalue weighted by Crippen LogP contribution is -2.30. The van der Waals surface area contributed by atoms with Crippen LogP contribution in [0.5, 0.6) is 5.75 Å². The number of carbonyl (C=O) groups is 2. The van der Waals surface area contributed by atoms with Crippen LogP contribution < -0.4 is 14.8 Å². The van der Waals surface area contributed by atoms with Crippen LogP contribution in [0.4, 0.5) is 5.69 Å². The molecule has 9 heteroatoms. The van der Waals surface area contributed by atoms with Crippen molar-refractivity contribution in [3.8, 4) is 5.75 Å². The minimum absolute atomic E-state index is 0.0926. The van der Waals surface area contributed by atoms with Crippen LogP contribution in [-0.2, 0) is 30.8 Å². The van der Waals surface area contributed by atoms with E-state index in [2.05, 4.69) is 10.0 Å². The van der Waals surface area contributed by atoms with Crippen molar-refractivity contribution in [3.63, 3.8) is 0 Å². The average Bonchev–Trinajstić information content (AvgIpc) is 2.71. The van der Waals surface area contributed by atoms with Crippen LogP contribution in [0.25, 0.3) is 0 Å². The van der Waals surface area contributed by atoms with Crippen LogP contribution in [-0.4, -0.2) is 39.5 Å². The highest BCUT2D eigenvalue weighted by molar-refractivity contribution is 7.89. The lowest BCUT2D eigenvalue weighted by atomic mass is 10.1. The Hall–Kier alpha value is -2.91. The zero-order chi connectivity index (χ0) is 23.0. The van der Waals surface area contributed by atoms with Crippen molar-refractivity contribution in [1.82, 2.24) is 4.72 Å². The summed E-state index contributed by atoms with van der Waals surface area (Å²) in [7, 11) is -2.05. The SMILES string of the molecule is COc1ccccc1CCC(=O)OC(C)C(=O)Nc1ccc(S(=O)(=O)NC(C)C)cc1. The van der Waals surface area contributed by atoms with Gasteiger partial charge >= 0.3 is 5.97 Å². The second-order valence-electron chi connectivity index (χ2n) is 7.23. The number of hydrogen-bond acceptors (Lipinski definition) is 6. The zero-order valence-electron chi connectivity index (χ0n) is 18.0. The summed E-state index contributed by atoms with van der Waals surface area (Å²) < 4.78 is 37.2. The molecule has 1 unspecified atom stereocenters. The standard InChI is InChI=1S/C22H28N2O6S/c1-15(2)24-31(27,28)19-12-10-18(11-13-19)23-22(26)16(3)30-21(25)14-9-17-7-5-6-8-20(17)29-4/h5-8,10-13,15-16,24H,9,14H2,1-4H3,(H,23,26). The van der Waals surface area contributed by atoms with E-state index in [1.807, 2.05) is 24.3 Å². The molecule has 0 saturated heterocycles. The van der Waals surface area contributed by atoms with E-state index in [1.54, 1.807) is 21.0 Å². The van der Waals surface area contributed by atoms with Gasteiger partial charge in [0.1, 0.15) is 5.75 Å². The van der Waals surface area contributed by atoms with Gasteiger partial charge in [-0.05, 0) is 63.1 Å². The number of carbonyl (C=O) groups excluding carboxylic acids is 2. The second-order valence-corrected chi connectivity index (χ2v) is 8.95. The number of hydrogen-bond donors (Lipinski definition) is 2. The van der Waals surface area contributed by atoms with Crippen molar-refractivity contribution >= 4 is 27.6 Å². The molecular weight excluding hydrogens is 420 g/mol. The highest BCUT2D eigenvalue weighted by atomic mass is 32.2. The first-order valence-electron chi connectivity index (χ1n) is 9.87. The number of anilines is 1. The average molecular weight is 449 g/mol. The Morgan fingerprint density at radius 3 is 2.26 bits per heavy atom. The van der Waals surface area contributed by atoms with Gasteiger partial charge in [-0.25, -0.2) is 13.1 Å². The van der Waals surface area contributed by atoms with E-state index in [4.69, 9.17) is 9.47 Å². The highest BCUT2D eigenvalue weighted by Crippen LogP contribution is 2.19. The summed E-state index contributed by atoms with van der Waals surface area (Å²) in [5.41, 5.74) is 1.27. The van der Waals surface area contributed by atoms with Gasteiger partial charge in [-0.1, -0.05) is 18.2 Å². The van der Waals surface area contributed by atoms with E-state index in [0.29, 0.717) is 17.9 Å². The van der Waals surface area contributed by atoms with Gasteiger partial charge in [-0.3, -0.25) is 9.59 Å². The Labute approximate surface area is 183 Å². The molecule has 1 atom stereocenters.